The van der Waals surface area contributed by atoms with E-state index in [1.807, 2.05) is 0 Å². The van der Waals surface area contributed by atoms with Gasteiger partial charge in [-0.1, -0.05) is 96.1 Å². The van der Waals surface area contributed by atoms with Crippen LogP contribution in [-0.2, 0) is 26.7 Å². The Labute approximate surface area is 204 Å². The van der Waals surface area contributed by atoms with E-state index in [0.717, 1.165) is 0 Å². The smallest absolute Gasteiger partial charge is 0.357 e. The Balaban J connectivity index is 0.000000278. The van der Waals surface area contributed by atoms with Crippen molar-refractivity contribution in [3.63, 3.8) is 0 Å². The van der Waals surface area contributed by atoms with Crippen LogP contribution in [0, 0.1) is 7.14 Å². The molecule has 0 saturated heterocycles. The summed E-state index contributed by atoms with van der Waals surface area (Å²) in [6.45, 7) is 13.6. The fourth-order valence-electron chi connectivity index (χ4n) is 2.93. The molecule has 0 heterocycles. The van der Waals surface area contributed by atoms with Crippen LogP contribution in [0.2, 0.25) is 0 Å². The zero-order valence-electron chi connectivity index (χ0n) is 19.7. The Morgan fingerprint density at radius 1 is 0.656 bits per heavy atom. The van der Waals surface area contributed by atoms with Crippen molar-refractivity contribution in [2.24, 2.45) is 0 Å². The van der Waals surface area contributed by atoms with Crippen molar-refractivity contribution in [1.29, 1.82) is 0 Å². The molecule has 0 radical (unpaired) electrons. The fourth-order valence-corrected chi connectivity index (χ4v) is 5.69. The van der Waals surface area contributed by atoms with Gasteiger partial charge in [-0.05, 0) is 51.8 Å². The maximum Gasteiger partial charge on any atom is 0.357 e. The first-order chi connectivity index (χ1) is 14.7. The molecule has 0 N–H and O–H groups in total. The highest BCUT2D eigenvalue weighted by Gasteiger charge is 2.20. The summed E-state index contributed by atoms with van der Waals surface area (Å²) in [6.07, 6.45) is 0. The molecular weight excluding hydrogens is 531 g/mol. The van der Waals surface area contributed by atoms with E-state index in [2.05, 4.69) is 90.1 Å². The van der Waals surface area contributed by atoms with Crippen molar-refractivity contribution in [3.8, 4) is 0 Å². The van der Waals surface area contributed by atoms with Gasteiger partial charge in [0, 0.05) is 0 Å². The monoisotopic (exact) mass is 564 g/mol. The summed E-state index contributed by atoms with van der Waals surface area (Å²) in [5.74, 6) is -0.423. The molecule has 0 aromatic heterocycles. The quantitative estimate of drug-likeness (QED) is 0.362. The Kier molecular flexibility index (Phi) is 9.08. The van der Waals surface area contributed by atoms with Gasteiger partial charge in [0.2, 0.25) is 0 Å². The van der Waals surface area contributed by atoms with Crippen molar-refractivity contribution in [3.05, 3.63) is 103 Å². The molecule has 0 saturated carbocycles. The van der Waals surface area contributed by atoms with Crippen molar-refractivity contribution in [1.82, 2.24) is 0 Å². The molecule has 3 rings (SSSR count). The third-order valence-corrected chi connectivity index (χ3v) is 8.20. The fraction of sp³-hybridized carbons (Fsp3) is 0.333. The van der Waals surface area contributed by atoms with Crippen LogP contribution in [0.15, 0.2) is 78.9 Å². The van der Waals surface area contributed by atoms with Crippen LogP contribution in [0.25, 0.3) is 0 Å². The summed E-state index contributed by atoms with van der Waals surface area (Å²) in [5.41, 5.74) is 3.84. The summed E-state index contributed by atoms with van der Waals surface area (Å²) in [4.78, 5) is 0. The summed E-state index contributed by atoms with van der Waals surface area (Å²) >= 11 is -0.0703. The third kappa shape index (κ3) is 9.43. The standard InChI is InChI=1S/C20H26I.C7H8O3S/c1-19(2,3)15-7-11-17(12-8-15)21-18-13-9-16(10-14-18)20(4,5)6;8-11(9,10)6-7-4-2-1-3-5-7/h7-14H,1-6H3;1-5H,6H2,(H,8,9,10)/q+1;/p-1. The van der Waals surface area contributed by atoms with E-state index in [0.29, 0.717) is 5.56 Å². The molecule has 0 unspecified atom stereocenters. The van der Waals surface area contributed by atoms with E-state index in [1.165, 1.54) is 18.3 Å². The van der Waals surface area contributed by atoms with Crippen LogP contribution in [-0.4, -0.2) is 13.0 Å². The summed E-state index contributed by atoms with van der Waals surface area (Å²) in [7, 11) is -4.13. The first-order valence-corrected chi connectivity index (χ1v) is 14.3. The molecule has 3 nitrogen and oxygen atoms in total. The summed E-state index contributed by atoms with van der Waals surface area (Å²) < 4.78 is 33.7. The molecular formula is C27H33IO3S. The number of rotatable bonds is 4. The molecule has 32 heavy (non-hydrogen) atoms. The molecule has 0 atom stereocenters. The molecule has 0 amide bonds. The zero-order valence-corrected chi connectivity index (χ0v) is 22.7. The van der Waals surface area contributed by atoms with Gasteiger partial charge in [-0.25, -0.2) is 8.42 Å². The van der Waals surface area contributed by atoms with Gasteiger partial charge in [0.05, 0.1) is 15.9 Å². The van der Waals surface area contributed by atoms with Gasteiger partial charge in [0.25, 0.3) is 0 Å². The van der Waals surface area contributed by atoms with E-state index in [4.69, 9.17) is 0 Å². The maximum atomic E-state index is 10.2. The predicted octanol–water partition coefficient (Wildman–Crippen LogP) is 3.14. The average Bonchev–Trinajstić information content (AvgIpc) is 2.67. The normalized spacial score (nSPS) is 12.1. The molecule has 0 spiro atoms. The number of hydrogen-bond donors (Lipinski definition) is 0. The zero-order chi connectivity index (χ0) is 24.0. The Bertz CT molecular complexity index is 1020. The van der Waals surface area contributed by atoms with Gasteiger partial charge in [0.15, 0.2) is 7.14 Å². The lowest BCUT2D eigenvalue weighted by Gasteiger charge is -2.18. The van der Waals surface area contributed by atoms with E-state index in [-0.39, 0.29) is 32.0 Å². The highest BCUT2D eigenvalue weighted by atomic mass is 127. The third-order valence-electron chi connectivity index (χ3n) is 4.82. The van der Waals surface area contributed by atoms with Crippen molar-refractivity contribution in [2.75, 3.05) is 0 Å². The van der Waals surface area contributed by atoms with Gasteiger partial charge in [0.1, 0.15) is 0 Å². The molecule has 0 aliphatic rings. The van der Waals surface area contributed by atoms with Crippen molar-refractivity contribution < 1.29 is 34.2 Å². The summed E-state index contributed by atoms with van der Waals surface area (Å²) in [6, 6.07) is 26.8. The first kappa shape index (κ1) is 26.6. The van der Waals surface area contributed by atoms with Crippen LogP contribution in [0.4, 0.5) is 0 Å². The Morgan fingerprint density at radius 3 is 1.34 bits per heavy atom. The van der Waals surface area contributed by atoms with Crippen molar-refractivity contribution >= 4 is 10.1 Å². The number of benzene rings is 3. The molecule has 3 aromatic carbocycles. The molecule has 5 heteroatoms. The van der Waals surface area contributed by atoms with Crippen LogP contribution < -0.4 is 21.2 Å². The molecule has 0 fully saturated rings. The molecule has 0 bridgehead atoms. The van der Waals surface area contributed by atoms with Crippen molar-refractivity contribution in [2.45, 2.75) is 58.1 Å². The minimum absolute atomic E-state index is 0.0703. The van der Waals surface area contributed by atoms with Gasteiger partial charge in [-0.2, -0.15) is 0 Å². The van der Waals surface area contributed by atoms with Crippen LogP contribution in [0.1, 0.15) is 58.2 Å². The minimum Gasteiger partial charge on any atom is -0.748 e. The second kappa shape index (κ2) is 10.9. The predicted molar refractivity (Wildman–Crippen MR) is 128 cm³/mol. The maximum absolute atomic E-state index is 10.2. The summed E-state index contributed by atoms with van der Waals surface area (Å²) in [5, 5.41) is 0. The lowest BCUT2D eigenvalue weighted by atomic mass is 9.87. The van der Waals surface area contributed by atoms with E-state index in [1.54, 1.807) is 30.3 Å². The van der Waals surface area contributed by atoms with Gasteiger partial charge in [-0.3, -0.25) is 0 Å². The highest BCUT2D eigenvalue weighted by Crippen LogP contribution is 2.21. The van der Waals surface area contributed by atoms with Crippen LogP contribution >= 0.6 is 0 Å². The molecule has 0 aliphatic carbocycles. The Morgan fingerprint density at radius 2 is 1.03 bits per heavy atom. The topological polar surface area (TPSA) is 57.2 Å². The van der Waals surface area contributed by atoms with E-state index in [9.17, 15) is 13.0 Å². The molecule has 172 valence electrons. The van der Waals surface area contributed by atoms with Crippen LogP contribution in [0.5, 0.6) is 0 Å². The van der Waals surface area contributed by atoms with E-state index >= 15 is 0 Å². The lowest BCUT2D eigenvalue weighted by molar-refractivity contribution is -0.597. The second-order valence-corrected chi connectivity index (χ2v) is 14.2. The molecule has 3 aromatic rings. The van der Waals surface area contributed by atoms with E-state index < -0.39 is 15.9 Å². The lowest BCUT2D eigenvalue weighted by Crippen LogP contribution is -3.61. The second-order valence-electron chi connectivity index (χ2n) is 9.80. The van der Waals surface area contributed by atoms with Gasteiger partial charge in [-0.15, -0.1) is 0 Å². The highest BCUT2D eigenvalue weighted by molar-refractivity contribution is 7.84. The number of halogens is 1. The van der Waals surface area contributed by atoms with Gasteiger partial charge < -0.3 is 4.55 Å². The van der Waals surface area contributed by atoms with Crippen LogP contribution in [0.3, 0.4) is 0 Å². The first-order valence-electron chi connectivity index (χ1n) is 10.6. The Hall–Kier alpha value is -1.70. The number of hydrogen-bond acceptors (Lipinski definition) is 3. The minimum atomic E-state index is -4.13. The average molecular weight is 565 g/mol. The molecule has 0 aliphatic heterocycles. The largest absolute Gasteiger partial charge is 0.748 e. The SMILES string of the molecule is CC(C)(C)c1ccc([I+]c2ccc(C(C)(C)C)cc2)cc1.O=S(=O)([O-])Cc1ccccc1. The van der Waals surface area contributed by atoms with Gasteiger partial charge >= 0.3 is 21.2 Å².